The van der Waals surface area contributed by atoms with Gasteiger partial charge in [0.15, 0.2) is 0 Å². The van der Waals surface area contributed by atoms with Crippen LogP contribution < -0.4 is 20.3 Å². The molecule has 1 amide bonds. The van der Waals surface area contributed by atoms with Crippen molar-refractivity contribution in [3.63, 3.8) is 0 Å². The lowest BCUT2D eigenvalue weighted by Crippen LogP contribution is -2.20. The van der Waals surface area contributed by atoms with Crippen molar-refractivity contribution in [2.75, 3.05) is 28.6 Å². The maximum absolute atomic E-state index is 13.3. The molecule has 0 radical (unpaired) electrons. The number of pyridine rings is 1. The fraction of sp³-hybridized carbons (Fsp3) is 0.257. The Morgan fingerprint density at radius 2 is 1.81 bits per heavy atom. The van der Waals surface area contributed by atoms with Crippen LogP contribution in [0.4, 0.5) is 17.5 Å². The van der Waals surface area contributed by atoms with E-state index in [-0.39, 0.29) is 11.9 Å². The number of nitrogens with one attached hydrogen (secondary N) is 2. The molecule has 1 atom stereocenters. The van der Waals surface area contributed by atoms with Gasteiger partial charge in [-0.25, -0.2) is 15.0 Å². The lowest BCUT2D eigenvalue weighted by molar-refractivity contribution is 0.102. The molecule has 5 aromatic rings. The normalized spacial score (nSPS) is 13.6. The molecule has 3 heterocycles. The average molecular weight is 573 g/mol. The van der Waals surface area contributed by atoms with E-state index in [1.54, 1.807) is 12.3 Å². The van der Waals surface area contributed by atoms with Crippen molar-refractivity contribution in [3.05, 3.63) is 102 Å². The van der Waals surface area contributed by atoms with E-state index in [1.807, 2.05) is 72.9 Å². The first-order chi connectivity index (χ1) is 21.1. The van der Waals surface area contributed by atoms with Gasteiger partial charge in [-0.05, 0) is 67.6 Å². The number of amides is 1. The van der Waals surface area contributed by atoms with Crippen molar-refractivity contribution < 1.29 is 9.53 Å². The molecule has 0 unspecified atom stereocenters. The number of aromatic nitrogens is 3. The number of anilines is 3. The van der Waals surface area contributed by atoms with Crippen molar-refractivity contribution in [2.45, 2.75) is 45.8 Å². The molecule has 0 bridgehead atoms. The molecule has 2 aromatic heterocycles. The number of hydrogen-bond donors (Lipinski definition) is 2. The number of rotatable bonds is 10. The molecule has 1 saturated heterocycles. The highest BCUT2D eigenvalue weighted by atomic mass is 16.5. The third-order valence-corrected chi connectivity index (χ3v) is 7.78. The molecular weight excluding hydrogens is 536 g/mol. The predicted molar refractivity (Wildman–Crippen MR) is 173 cm³/mol. The van der Waals surface area contributed by atoms with Crippen LogP contribution in [0.2, 0.25) is 0 Å². The standard InChI is InChI=1S/C35H36N6O2/c1-3-24(2)38-35-37-22-28-19-30(32(21-31(28)40-35)43-23-25-10-5-4-6-11-25)26-12-9-13-29(18-26)39-34(42)27-14-15-36-33(20-27)41-16-7-8-17-41/h4-6,9-15,18-22,24H,3,7-8,16-17,23H2,1-2H3,(H,39,42)(H,37,38,40)/t24-/m0/s1. The second-order valence-corrected chi connectivity index (χ2v) is 11.0. The average Bonchev–Trinajstić information content (AvgIpc) is 3.59. The first-order valence-corrected chi connectivity index (χ1v) is 14.9. The molecule has 8 nitrogen and oxygen atoms in total. The number of carbonyl (C=O) groups excluding carboxylic acids is 1. The summed E-state index contributed by atoms with van der Waals surface area (Å²) >= 11 is 0. The fourth-order valence-corrected chi connectivity index (χ4v) is 5.18. The molecule has 218 valence electrons. The van der Waals surface area contributed by atoms with Gasteiger partial charge < -0.3 is 20.3 Å². The second-order valence-electron chi connectivity index (χ2n) is 11.0. The molecule has 6 rings (SSSR count). The van der Waals surface area contributed by atoms with Crippen molar-refractivity contribution >= 4 is 34.3 Å². The summed E-state index contributed by atoms with van der Waals surface area (Å²) in [5.74, 6) is 1.98. The second kappa shape index (κ2) is 12.9. The van der Waals surface area contributed by atoms with Crippen LogP contribution in [0.1, 0.15) is 49.0 Å². The summed E-state index contributed by atoms with van der Waals surface area (Å²) in [5.41, 5.74) is 4.95. The zero-order chi connectivity index (χ0) is 29.6. The third kappa shape index (κ3) is 6.75. The summed E-state index contributed by atoms with van der Waals surface area (Å²) in [5, 5.41) is 7.33. The Labute approximate surface area is 252 Å². The monoisotopic (exact) mass is 572 g/mol. The minimum absolute atomic E-state index is 0.172. The van der Waals surface area contributed by atoms with Gasteiger partial charge in [-0.3, -0.25) is 4.79 Å². The Kier molecular flexibility index (Phi) is 8.45. The zero-order valence-electron chi connectivity index (χ0n) is 24.6. The highest BCUT2D eigenvalue weighted by Crippen LogP contribution is 2.36. The van der Waals surface area contributed by atoms with Crippen molar-refractivity contribution in [2.24, 2.45) is 0 Å². The summed E-state index contributed by atoms with van der Waals surface area (Å²) in [4.78, 5) is 29.3. The fourth-order valence-electron chi connectivity index (χ4n) is 5.18. The summed E-state index contributed by atoms with van der Waals surface area (Å²) in [6, 6.07) is 25.8. The molecule has 0 spiro atoms. The number of carbonyl (C=O) groups is 1. The van der Waals surface area contributed by atoms with E-state index in [4.69, 9.17) is 9.72 Å². The Bertz CT molecular complexity index is 1720. The minimum atomic E-state index is -0.172. The van der Waals surface area contributed by atoms with Gasteiger partial charge in [0.05, 0.1) is 5.52 Å². The van der Waals surface area contributed by atoms with Crippen LogP contribution in [-0.4, -0.2) is 40.0 Å². The molecule has 3 aromatic carbocycles. The van der Waals surface area contributed by atoms with E-state index in [1.165, 1.54) is 0 Å². The zero-order valence-corrected chi connectivity index (χ0v) is 24.6. The quantitative estimate of drug-likeness (QED) is 0.181. The van der Waals surface area contributed by atoms with E-state index in [2.05, 4.69) is 45.4 Å². The van der Waals surface area contributed by atoms with Crippen molar-refractivity contribution in [1.29, 1.82) is 0 Å². The molecule has 0 saturated carbocycles. The van der Waals surface area contributed by atoms with E-state index in [0.717, 1.165) is 65.8 Å². The summed E-state index contributed by atoms with van der Waals surface area (Å²) < 4.78 is 6.40. The Hall–Kier alpha value is -4.98. The van der Waals surface area contributed by atoms with Crippen LogP contribution in [-0.2, 0) is 6.61 Å². The summed E-state index contributed by atoms with van der Waals surface area (Å²) in [6.45, 7) is 6.60. The smallest absolute Gasteiger partial charge is 0.255 e. The summed E-state index contributed by atoms with van der Waals surface area (Å²) in [6.07, 6.45) is 6.82. The van der Waals surface area contributed by atoms with Gasteiger partial charge in [-0.15, -0.1) is 0 Å². The molecule has 1 aliphatic heterocycles. The topological polar surface area (TPSA) is 92.3 Å². The molecule has 8 heteroatoms. The van der Waals surface area contributed by atoms with Crippen LogP contribution in [0.15, 0.2) is 91.3 Å². The van der Waals surface area contributed by atoms with Crippen LogP contribution >= 0.6 is 0 Å². The number of hydrogen-bond acceptors (Lipinski definition) is 7. The SMILES string of the molecule is CC[C@H](C)Nc1ncc2cc(-c3cccc(NC(=O)c4ccnc(N5CCCC5)c4)c3)c(OCc3ccccc3)cc2n1. The van der Waals surface area contributed by atoms with Gasteiger partial charge in [0, 0.05) is 59.8 Å². The van der Waals surface area contributed by atoms with E-state index in [0.29, 0.717) is 29.6 Å². The maximum Gasteiger partial charge on any atom is 0.255 e. The molecule has 43 heavy (non-hydrogen) atoms. The lowest BCUT2D eigenvalue weighted by Gasteiger charge is -2.17. The van der Waals surface area contributed by atoms with Crippen LogP contribution in [0, 0.1) is 0 Å². The Morgan fingerprint density at radius 3 is 2.63 bits per heavy atom. The highest BCUT2D eigenvalue weighted by molar-refractivity contribution is 6.05. The first-order valence-electron chi connectivity index (χ1n) is 14.9. The number of benzene rings is 3. The lowest BCUT2D eigenvalue weighted by atomic mass is 10.0. The van der Waals surface area contributed by atoms with Gasteiger partial charge >= 0.3 is 0 Å². The third-order valence-electron chi connectivity index (χ3n) is 7.78. The number of ether oxygens (including phenoxy) is 1. The van der Waals surface area contributed by atoms with Gasteiger partial charge in [-0.2, -0.15) is 0 Å². The number of fused-ring (bicyclic) bond motifs is 1. The molecular formula is C35H36N6O2. The molecule has 2 N–H and O–H groups in total. The Morgan fingerprint density at radius 1 is 0.977 bits per heavy atom. The summed E-state index contributed by atoms with van der Waals surface area (Å²) in [7, 11) is 0. The van der Waals surface area contributed by atoms with Crippen molar-refractivity contribution in [3.8, 4) is 16.9 Å². The molecule has 1 fully saturated rings. The Balaban J connectivity index is 1.30. The van der Waals surface area contributed by atoms with Gasteiger partial charge in [0.2, 0.25) is 5.95 Å². The number of nitrogens with zero attached hydrogens (tertiary/aromatic N) is 4. The molecule has 0 aliphatic carbocycles. The largest absolute Gasteiger partial charge is 0.488 e. The van der Waals surface area contributed by atoms with Gasteiger partial charge in [-0.1, -0.05) is 49.4 Å². The highest BCUT2D eigenvalue weighted by Gasteiger charge is 2.17. The first kappa shape index (κ1) is 28.2. The maximum atomic E-state index is 13.3. The van der Waals surface area contributed by atoms with E-state index >= 15 is 0 Å². The van der Waals surface area contributed by atoms with Crippen LogP contribution in [0.5, 0.6) is 5.75 Å². The van der Waals surface area contributed by atoms with Crippen LogP contribution in [0.3, 0.4) is 0 Å². The van der Waals surface area contributed by atoms with E-state index < -0.39 is 0 Å². The van der Waals surface area contributed by atoms with E-state index in [9.17, 15) is 4.79 Å². The van der Waals surface area contributed by atoms with Crippen LogP contribution in [0.25, 0.3) is 22.0 Å². The van der Waals surface area contributed by atoms with Crippen molar-refractivity contribution in [1.82, 2.24) is 15.0 Å². The van der Waals surface area contributed by atoms with Gasteiger partial charge in [0.1, 0.15) is 18.2 Å². The predicted octanol–water partition coefficient (Wildman–Crippen LogP) is 7.33. The van der Waals surface area contributed by atoms with Gasteiger partial charge in [0.25, 0.3) is 5.91 Å². The molecule has 1 aliphatic rings. The minimum Gasteiger partial charge on any atom is -0.488 e.